The topological polar surface area (TPSA) is 122 Å². The molecule has 0 aliphatic heterocycles. The van der Waals surface area contributed by atoms with Crippen LogP contribution in [0.1, 0.15) is 70.6 Å². The fourth-order valence-electron chi connectivity index (χ4n) is 3.35. The summed E-state index contributed by atoms with van der Waals surface area (Å²) in [5, 5.41) is 35.6. The minimum absolute atomic E-state index is 0.175. The van der Waals surface area contributed by atoms with E-state index in [4.69, 9.17) is 20.4 Å². The summed E-state index contributed by atoms with van der Waals surface area (Å²) in [4.78, 5) is 25.8. The van der Waals surface area contributed by atoms with Gasteiger partial charge in [0.25, 0.3) is 0 Å². The van der Waals surface area contributed by atoms with Gasteiger partial charge in [0.2, 0.25) is 0 Å². The van der Waals surface area contributed by atoms with E-state index in [0.29, 0.717) is 12.8 Å². The molecule has 0 spiro atoms. The fourth-order valence-corrected chi connectivity index (χ4v) is 3.35. The molecule has 0 fully saturated rings. The van der Waals surface area contributed by atoms with Crippen molar-refractivity contribution in [1.82, 2.24) is 9.80 Å². The lowest BCUT2D eigenvalue weighted by atomic mass is 10.1. The van der Waals surface area contributed by atoms with E-state index in [1.807, 2.05) is 0 Å². The van der Waals surface area contributed by atoms with Crippen LogP contribution in [-0.4, -0.2) is 94.6 Å². The Balaban J connectivity index is 4.15. The number of aliphatic hydroxyl groups is 2. The molecule has 0 saturated carbocycles. The molecule has 0 unspecified atom stereocenters. The van der Waals surface area contributed by atoms with Gasteiger partial charge in [-0.25, -0.2) is 0 Å². The SMILES string of the molecule is O=C(O)CCCCCN(CCCO)CCCN(CCCO)CCCCCC(=O)O. The third-order valence-corrected chi connectivity index (χ3v) is 4.94. The molecular weight excluding hydrogens is 376 g/mol. The lowest BCUT2D eigenvalue weighted by Crippen LogP contribution is -2.33. The maximum atomic E-state index is 10.6. The molecule has 0 aromatic heterocycles. The Kier molecular flexibility index (Phi) is 19.2. The lowest BCUT2D eigenvalue weighted by molar-refractivity contribution is -0.138. The number of hydrogen-bond acceptors (Lipinski definition) is 6. The van der Waals surface area contributed by atoms with E-state index >= 15 is 0 Å². The van der Waals surface area contributed by atoms with Crippen LogP contribution in [0.4, 0.5) is 0 Å². The van der Waals surface area contributed by atoms with E-state index in [1.165, 1.54) is 0 Å². The monoisotopic (exact) mass is 418 g/mol. The molecule has 4 N–H and O–H groups in total. The van der Waals surface area contributed by atoms with Crippen LogP contribution >= 0.6 is 0 Å². The first kappa shape index (κ1) is 27.8. The highest BCUT2D eigenvalue weighted by atomic mass is 16.4. The number of unbranched alkanes of at least 4 members (excludes halogenated alkanes) is 4. The second-order valence-corrected chi connectivity index (χ2v) is 7.60. The van der Waals surface area contributed by atoms with Crippen molar-refractivity contribution in [3.8, 4) is 0 Å². The van der Waals surface area contributed by atoms with Crippen LogP contribution in [0, 0.1) is 0 Å². The zero-order chi connectivity index (χ0) is 21.7. The van der Waals surface area contributed by atoms with Crippen molar-refractivity contribution in [1.29, 1.82) is 0 Å². The highest BCUT2D eigenvalue weighted by Crippen LogP contribution is 2.06. The average Bonchev–Trinajstić information content (AvgIpc) is 2.68. The molecule has 172 valence electrons. The molecule has 0 amide bonds. The molecule has 0 radical (unpaired) electrons. The van der Waals surface area contributed by atoms with Crippen LogP contribution in [0.15, 0.2) is 0 Å². The second-order valence-electron chi connectivity index (χ2n) is 7.60. The molecule has 0 saturated heterocycles. The van der Waals surface area contributed by atoms with Gasteiger partial charge in [-0.05, 0) is 71.1 Å². The van der Waals surface area contributed by atoms with E-state index in [0.717, 1.165) is 84.2 Å². The van der Waals surface area contributed by atoms with Gasteiger partial charge in [-0.15, -0.1) is 0 Å². The van der Waals surface area contributed by atoms with E-state index in [2.05, 4.69) is 9.80 Å². The molecule has 8 nitrogen and oxygen atoms in total. The number of nitrogens with zero attached hydrogens (tertiary/aromatic N) is 2. The molecule has 0 aromatic rings. The van der Waals surface area contributed by atoms with Crippen molar-refractivity contribution < 1.29 is 30.0 Å². The third-order valence-electron chi connectivity index (χ3n) is 4.94. The van der Waals surface area contributed by atoms with Crippen LogP contribution in [0.2, 0.25) is 0 Å². The Morgan fingerprint density at radius 2 is 0.828 bits per heavy atom. The molecule has 8 heteroatoms. The van der Waals surface area contributed by atoms with Gasteiger partial charge in [-0.3, -0.25) is 9.59 Å². The summed E-state index contributed by atoms with van der Waals surface area (Å²) in [5.74, 6) is -1.49. The average molecular weight is 419 g/mol. The molecule has 0 heterocycles. The van der Waals surface area contributed by atoms with Crippen LogP contribution in [0.25, 0.3) is 0 Å². The molecule has 0 bridgehead atoms. The van der Waals surface area contributed by atoms with Gasteiger partial charge in [0.05, 0.1) is 0 Å². The standard InChI is InChI=1S/C21H42N2O6/c24-18-8-16-22(12-5-1-3-10-20(26)27)14-7-15-23(17-9-19-25)13-6-2-4-11-21(28)29/h24-25H,1-19H2,(H,26,27)(H,28,29). The molecule has 0 aromatic carbocycles. The summed E-state index contributed by atoms with van der Waals surface area (Å²) in [5.41, 5.74) is 0. The van der Waals surface area contributed by atoms with Crippen LogP contribution in [0.3, 0.4) is 0 Å². The molecule has 0 aliphatic rings. The van der Waals surface area contributed by atoms with Crippen LogP contribution in [-0.2, 0) is 9.59 Å². The molecular formula is C21H42N2O6. The zero-order valence-electron chi connectivity index (χ0n) is 17.9. The summed E-state index contributed by atoms with van der Waals surface area (Å²) >= 11 is 0. The van der Waals surface area contributed by atoms with Crippen LogP contribution < -0.4 is 0 Å². The molecule has 0 rings (SSSR count). The number of carboxylic acid groups (broad SMARTS) is 2. The molecule has 29 heavy (non-hydrogen) atoms. The number of carbonyl (C=O) groups is 2. The summed E-state index contributed by atoms with van der Waals surface area (Å²) < 4.78 is 0. The number of rotatable bonds is 22. The van der Waals surface area contributed by atoms with Crippen molar-refractivity contribution >= 4 is 11.9 Å². The summed E-state index contributed by atoms with van der Waals surface area (Å²) in [6.07, 6.45) is 8.10. The summed E-state index contributed by atoms with van der Waals surface area (Å²) in [7, 11) is 0. The van der Waals surface area contributed by atoms with Crippen molar-refractivity contribution in [2.24, 2.45) is 0 Å². The van der Waals surface area contributed by atoms with E-state index < -0.39 is 11.9 Å². The fraction of sp³-hybridized carbons (Fsp3) is 0.905. The predicted molar refractivity (Wildman–Crippen MR) is 113 cm³/mol. The maximum absolute atomic E-state index is 10.6. The molecule has 0 aliphatic carbocycles. The maximum Gasteiger partial charge on any atom is 0.303 e. The molecule has 0 atom stereocenters. The van der Waals surface area contributed by atoms with Gasteiger partial charge in [-0.1, -0.05) is 12.8 Å². The Bertz CT molecular complexity index is 373. The first-order valence-electron chi connectivity index (χ1n) is 11.1. The number of aliphatic carboxylic acids is 2. The summed E-state index contributed by atoms with van der Waals surface area (Å²) in [6.45, 7) is 5.77. The van der Waals surface area contributed by atoms with Gasteiger partial charge in [0, 0.05) is 39.1 Å². The van der Waals surface area contributed by atoms with Gasteiger partial charge < -0.3 is 30.2 Å². The first-order valence-corrected chi connectivity index (χ1v) is 11.1. The normalized spacial score (nSPS) is 11.4. The van der Waals surface area contributed by atoms with E-state index in [1.54, 1.807) is 0 Å². The van der Waals surface area contributed by atoms with Crippen LogP contribution in [0.5, 0.6) is 0 Å². The first-order chi connectivity index (χ1) is 14.0. The highest BCUT2D eigenvalue weighted by molar-refractivity contribution is 5.66. The number of carboxylic acids is 2. The van der Waals surface area contributed by atoms with Gasteiger partial charge in [-0.2, -0.15) is 0 Å². The quantitative estimate of drug-likeness (QED) is 0.197. The lowest BCUT2D eigenvalue weighted by Gasteiger charge is -2.26. The van der Waals surface area contributed by atoms with Crippen molar-refractivity contribution in [2.45, 2.75) is 70.6 Å². The van der Waals surface area contributed by atoms with Gasteiger partial charge in [0.15, 0.2) is 0 Å². The number of aliphatic hydroxyl groups excluding tert-OH is 2. The summed E-state index contributed by atoms with van der Waals surface area (Å²) in [6, 6.07) is 0. The smallest absolute Gasteiger partial charge is 0.303 e. The second kappa shape index (κ2) is 20.1. The van der Waals surface area contributed by atoms with E-state index in [-0.39, 0.29) is 26.1 Å². The Morgan fingerprint density at radius 3 is 1.17 bits per heavy atom. The van der Waals surface area contributed by atoms with Crippen molar-refractivity contribution in [2.75, 3.05) is 52.5 Å². The van der Waals surface area contributed by atoms with Crippen molar-refractivity contribution in [3.05, 3.63) is 0 Å². The minimum Gasteiger partial charge on any atom is -0.481 e. The van der Waals surface area contributed by atoms with Gasteiger partial charge in [0.1, 0.15) is 0 Å². The minimum atomic E-state index is -0.743. The zero-order valence-corrected chi connectivity index (χ0v) is 17.9. The highest BCUT2D eigenvalue weighted by Gasteiger charge is 2.09. The predicted octanol–water partition coefficient (Wildman–Crippen LogP) is 2.04. The third kappa shape index (κ3) is 19.9. The largest absolute Gasteiger partial charge is 0.481 e. The van der Waals surface area contributed by atoms with E-state index in [9.17, 15) is 9.59 Å². The Morgan fingerprint density at radius 1 is 0.483 bits per heavy atom. The number of hydrogen-bond donors (Lipinski definition) is 4. The Labute approximate surface area is 175 Å². The van der Waals surface area contributed by atoms with Gasteiger partial charge >= 0.3 is 11.9 Å². The Hall–Kier alpha value is -1.22. The van der Waals surface area contributed by atoms with Crippen molar-refractivity contribution in [3.63, 3.8) is 0 Å².